The highest BCUT2D eigenvalue weighted by Gasteiger charge is 2.09. The van der Waals surface area contributed by atoms with Gasteiger partial charge in [0.2, 0.25) is 0 Å². The van der Waals surface area contributed by atoms with Crippen molar-refractivity contribution in [1.82, 2.24) is 4.98 Å². The van der Waals surface area contributed by atoms with Gasteiger partial charge < -0.3 is 9.84 Å². The number of carbonyl (C=O) groups is 1. The number of aliphatic hydroxyl groups excluding tert-OH is 1. The number of aromatic nitrogens is 1. The molecular weight excluding hydrogens is 242 g/mol. The van der Waals surface area contributed by atoms with E-state index in [2.05, 4.69) is 4.98 Å². The van der Waals surface area contributed by atoms with E-state index in [-0.39, 0.29) is 13.2 Å². The van der Waals surface area contributed by atoms with Gasteiger partial charge in [0.15, 0.2) is 0 Å². The van der Waals surface area contributed by atoms with Crippen molar-refractivity contribution in [1.29, 1.82) is 0 Å². The fourth-order valence-electron chi connectivity index (χ4n) is 1.66. The van der Waals surface area contributed by atoms with Crippen LogP contribution in [0, 0.1) is 6.92 Å². The number of hydrogen-bond donors (Lipinski definition) is 1. The summed E-state index contributed by atoms with van der Waals surface area (Å²) < 4.78 is 4.87. The SMILES string of the molecule is Cc1ccc(-c2cc(C(=O)OCCO)ccn2)cc1. The molecule has 0 aliphatic rings. The maximum atomic E-state index is 11.7. The van der Waals surface area contributed by atoms with E-state index in [9.17, 15) is 4.79 Å². The van der Waals surface area contributed by atoms with Gasteiger partial charge in [0.25, 0.3) is 0 Å². The van der Waals surface area contributed by atoms with Gasteiger partial charge in [-0.2, -0.15) is 0 Å². The number of nitrogens with zero attached hydrogens (tertiary/aromatic N) is 1. The van der Waals surface area contributed by atoms with Crippen LogP contribution in [0.2, 0.25) is 0 Å². The highest BCUT2D eigenvalue weighted by atomic mass is 16.5. The van der Waals surface area contributed by atoms with E-state index in [1.807, 2.05) is 31.2 Å². The van der Waals surface area contributed by atoms with Crippen molar-refractivity contribution in [3.05, 3.63) is 53.7 Å². The van der Waals surface area contributed by atoms with E-state index in [0.717, 1.165) is 11.3 Å². The molecule has 2 rings (SSSR count). The van der Waals surface area contributed by atoms with Gasteiger partial charge in [-0.3, -0.25) is 4.98 Å². The second-order valence-electron chi connectivity index (χ2n) is 4.16. The third-order valence-electron chi connectivity index (χ3n) is 2.67. The Morgan fingerprint density at radius 3 is 2.68 bits per heavy atom. The Balaban J connectivity index is 2.24. The van der Waals surface area contributed by atoms with Crippen molar-refractivity contribution in [2.45, 2.75) is 6.92 Å². The second-order valence-corrected chi connectivity index (χ2v) is 4.16. The molecule has 1 heterocycles. The average Bonchev–Trinajstić information content (AvgIpc) is 2.45. The number of ether oxygens (including phenoxy) is 1. The lowest BCUT2D eigenvalue weighted by atomic mass is 10.1. The van der Waals surface area contributed by atoms with E-state index in [1.54, 1.807) is 18.3 Å². The minimum absolute atomic E-state index is 0.00101. The fraction of sp³-hybridized carbons (Fsp3) is 0.200. The monoisotopic (exact) mass is 257 g/mol. The molecule has 0 amide bonds. The molecule has 4 heteroatoms. The Kier molecular flexibility index (Phi) is 4.26. The van der Waals surface area contributed by atoms with Crippen molar-refractivity contribution < 1.29 is 14.6 Å². The van der Waals surface area contributed by atoms with Crippen LogP contribution in [0.1, 0.15) is 15.9 Å². The first kappa shape index (κ1) is 13.2. The van der Waals surface area contributed by atoms with Crippen LogP contribution >= 0.6 is 0 Å². The van der Waals surface area contributed by atoms with Crippen molar-refractivity contribution in [3.8, 4) is 11.3 Å². The van der Waals surface area contributed by atoms with E-state index < -0.39 is 5.97 Å². The highest BCUT2D eigenvalue weighted by Crippen LogP contribution is 2.18. The summed E-state index contributed by atoms with van der Waals surface area (Å²) in [6, 6.07) is 11.2. The number of benzene rings is 1. The molecule has 4 nitrogen and oxygen atoms in total. The number of aliphatic hydroxyl groups is 1. The van der Waals surface area contributed by atoms with Crippen LogP contribution in [-0.4, -0.2) is 29.3 Å². The number of carbonyl (C=O) groups excluding carboxylic acids is 1. The maximum Gasteiger partial charge on any atom is 0.338 e. The van der Waals surface area contributed by atoms with Gasteiger partial charge in [-0.1, -0.05) is 29.8 Å². The second kappa shape index (κ2) is 6.11. The van der Waals surface area contributed by atoms with Crippen molar-refractivity contribution in [3.63, 3.8) is 0 Å². The van der Waals surface area contributed by atoms with Crippen molar-refractivity contribution >= 4 is 5.97 Å². The summed E-state index contributed by atoms with van der Waals surface area (Å²) in [4.78, 5) is 15.9. The molecule has 98 valence electrons. The third-order valence-corrected chi connectivity index (χ3v) is 2.67. The number of esters is 1. The predicted molar refractivity (Wildman–Crippen MR) is 71.8 cm³/mol. The topological polar surface area (TPSA) is 59.4 Å². The Labute approximate surface area is 111 Å². The molecule has 0 unspecified atom stereocenters. The molecule has 0 fully saturated rings. The van der Waals surface area contributed by atoms with E-state index >= 15 is 0 Å². The van der Waals surface area contributed by atoms with E-state index in [4.69, 9.17) is 9.84 Å². The molecule has 0 bridgehead atoms. The van der Waals surface area contributed by atoms with Crippen LogP contribution in [0.25, 0.3) is 11.3 Å². The lowest BCUT2D eigenvalue weighted by Gasteiger charge is -2.05. The number of hydrogen-bond acceptors (Lipinski definition) is 4. The predicted octanol–water partition coefficient (Wildman–Crippen LogP) is 2.21. The van der Waals surface area contributed by atoms with Gasteiger partial charge in [-0.25, -0.2) is 4.79 Å². The molecule has 0 radical (unpaired) electrons. The lowest BCUT2D eigenvalue weighted by Crippen LogP contribution is -2.09. The molecule has 1 N–H and O–H groups in total. The summed E-state index contributed by atoms with van der Waals surface area (Å²) >= 11 is 0. The summed E-state index contributed by atoms with van der Waals surface area (Å²) in [6.45, 7) is 1.84. The minimum atomic E-state index is -0.454. The highest BCUT2D eigenvalue weighted by molar-refractivity contribution is 5.90. The summed E-state index contributed by atoms with van der Waals surface area (Å²) in [5.41, 5.74) is 3.27. The number of rotatable bonds is 4. The molecule has 0 saturated heterocycles. The number of pyridine rings is 1. The molecule has 2 aromatic rings. The van der Waals surface area contributed by atoms with Crippen LogP contribution in [0.15, 0.2) is 42.6 Å². The summed E-state index contributed by atoms with van der Waals surface area (Å²) in [5, 5.41) is 8.63. The Bertz CT molecular complexity index is 564. The van der Waals surface area contributed by atoms with Gasteiger partial charge in [0.05, 0.1) is 17.9 Å². The van der Waals surface area contributed by atoms with Crippen LogP contribution in [0.4, 0.5) is 0 Å². The maximum absolute atomic E-state index is 11.7. The molecule has 1 aromatic carbocycles. The van der Waals surface area contributed by atoms with Gasteiger partial charge in [-0.05, 0) is 19.1 Å². The smallest absolute Gasteiger partial charge is 0.338 e. The van der Waals surface area contributed by atoms with Gasteiger partial charge in [0, 0.05) is 11.8 Å². The van der Waals surface area contributed by atoms with E-state index in [0.29, 0.717) is 5.56 Å². The zero-order valence-corrected chi connectivity index (χ0v) is 10.7. The first-order valence-electron chi connectivity index (χ1n) is 6.02. The van der Waals surface area contributed by atoms with Crippen LogP contribution in [0.3, 0.4) is 0 Å². The average molecular weight is 257 g/mol. The molecular formula is C15H15NO3. The molecule has 0 aliphatic heterocycles. The minimum Gasteiger partial charge on any atom is -0.460 e. The molecule has 0 atom stereocenters. The first-order valence-corrected chi connectivity index (χ1v) is 6.02. The Morgan fingerprint density at radius 1 is 1.26 bits per heavy atom. The molecule has 0 saturated carbocycles. The first-order chi connectivity index (χ1) is 9.20. The standard InChI is InChI=1S/C15H15NO3/c1-11-2-4-12(5-3-11)14-10-13(6-7-16-14)15(18)19-9-8-17/h2-7,10,17H,8-9H2,1H3. The number of aryl methyl sites for hydroxylation is 1. The zero-order valence-electron chi connectivity index (χ0n) is 10.7. The summed E-state index contributed by atoms with van der Waals surface area (Å²) in [6.07, 6.45) is 1.57. The fourth-order valence-corrected chi connectivity index (χ4v) is 1.66. The molecule has 0 spiro atoms. The van der Waals surface area contributed by atoms with Gasteiger partial charge in [-0.15, -0.1) is 0 Å². The quantitative estimate of drug-likeness (QED) is 0.853. The molecule has 19 heavy (non-hydrogen) atoms. The third kappa shape index (κ3) is 3.39. The normalized spacial score (nSPS) is 10.2. The molecule has 1 aromatic heterocycles. The lowest BCUT2D eigenvalue weighted by molar-refractivity contribution is 0.0433. The van der Waals surface area contributed by atoms with E-state index in [1.165, 1.54) is 5.56 Å². The van der Waals surface area contributed by atoms with Gasteiger partial charge in [0.1, 0.15) is 6.61 Å². The summed E-state index contributed by atoms with van der Waals surface area (Å²) in [7, 11) is 0. The molecule has 0 aliphatic carbocycles. The van der Waals surface area contributed by atoms with Crippen molar-refractivity contribution in [2.75, 3.05) is 13.2 Å². The largest absolute Gasteiger partial charge is 0.460 e. The Morgan fingerprint density at radius 2 is 2.00 bits per heavy atom. The van der Waals surface area contributed by atoms with Gasteiger partial charge >= 0.3 is 5.97 Å². The zero-order chi connectivity index (χ0) is 13.7. The van der Waals surface area contributed by atoms with Crippen LogP contribution < -0.4 is 0 Å². The van der Waals surface area contributed by atoms with Crippen LogP contribution in [-0.2, 0) is 4.74 Å². The van der Waals surface area contributed by atoms with Crippen molar-refractivity contribution in [2.24, 2.45) is 0 Å². The summed E-state index contributed by atoms with van der Waals surface area (Å²) in [5.74, 6) is -0.454. The Hall–Kier alpha value is -2.20. The van der Waals surface area contributed by atoms with Crippen LogP contribution in [0.5, 0.6) is 0 Å².